The highest BCUT2D eigenvalue weighted by Gasteiger charge is 2.37. The molecule has 26 heavy (non-hydrogen) atoms. The Morgan fingerprint density at radius 2 is 1.62 bits per heavy atom. The number of halogens is 5. The minimum absolute atomic E-state index is 0.339. The third-order valence-corrected chi connectivity index (χ3v) is 4.00. The molecule has 2 aromatic rings. The Hall–Kier alpha value is -2.97. The summed E-state index contributed by atoms with van der Waals surface area (Å²) in [6.07, 6.45) is -0.370. The topological polar surface area (TPSA) is 49.4 Å². The first-order valence-electron chi connectivity index (χ1n) is 7.48. The Morgan fingerprint density at radius 3 is 2.27 bits per heavy atom. The summed E-state index contributed by atoms with van der Waals surface area (Å²) in [4.78, 5) is 25.0. The molecule has 0 aromatic heterocycles. The van der Waals surface area contributed by atoms with Crippen molar-refractivity contribution < 1.29 is 31.5 Å². The summed E-state index contributed by atoms with van der Waals surface area (Å²) in [6, 6.07) is 4.53. The Bertz CT molecular complexity index is 883. The van der Waals surface area contributed by atoms with Crippen molar-refractivity contribution in [3.8, 4) is 0 Å². The van der Waals surface area contributed by atoms with E-state index in [-0.39, 0.29) is 13.0 Å². The van der Waals surface area contributed by atoms with Gasteiger partial charge in [-0.1, -0.05) is 6.07 Å². The number of para-hydroxylation sites is 1. The summed E-state index contributed by atoms with van der Waals surface area (Å²) in [5.41, 5.74) is -1.18. The normalized spacial score (nSPS) is 16.9. The van der Waals surface area contributed by atoms with Gasteiger partial charge in [0.2, 0.25) is 11.8 Å². The van der Waals surface area contributed by atoms with Crippen molar-refractivity contribution in [3.05, 3.63) is 59.4 Å². The molecule has 1 unspecified atom stereocenters. The van der Waals surface area contributed by atoms with Crippen LogP contribution in [0.4, 0.5) is 33.3 Å². The van der Waals surface area contributed by atoms with E-state index < -0.39 is 58.2 Å². The van der Waals surface area contributed by atoms with Crippen LogP contribution in [0, 0.1) is 35.0 Å². The molecular formula is C17H11F5N2O2. The summed E-state index contributed by atoms with van der Waals surface area (Å²) in [5.74, 6) is -9.29. The number of benzene rings is 2. The quantitative estimate of drug-likeness (QED) is 0.665. The molecule has 1 N–H and O–H groups in total. The highest BCUT2D eigenvalue weighted by molar-refractivity contribution is 6.03. The monoisotopic (exact) mass is 370 g/mol. The molecule has 1 aliphatic rings. The molecule has 4 nitrogen and oxygen atoms in total. The van der Waals surface area contributed by atoms with E-state index in [1.807, 2.05) is 0 Å². The van der Waals surface area contributed by atoms with Crippen molar-refractivity contribution in [3.63, 3.8) is 0 Å². The molecule has 0 bridgehead atoms. The molecule has 1 saturated heterocycles. The molecule has 0 radical (unpaired) electrons. The van der Waals surface area contributed by atoms with Gasteiger partial charge in [-0.25, -0.2) is 22.0 Å². The summed E-state index contributed by atoms with van der Waals surface area (Å²) < 4.78 is 67.4. The molecule has 1 atom stereocenters. The molecule has 0 saturated carbocycles. The minimum Gasteiger partial charge on any atom is -0.323 e. The molecule has 1 fully saturated rings. The Kier molecular flexibility index (Phi) is 4.62. The third-order valence-electron chi connectivity index (χ3n) is 4.00. The van der Waals surface area contributed by atoms with E-state index in [2.05, 4.69) is 5.32 Å². The zero-order chi connectivity index (χ0) is 19.0. The smallest absolute Gasteiger partial charge is 0.229 e. The van der Waals surface area contributed by atoms with Crippen molar-refractivity contribution in [2.75, 3.05) is 16.8 Å². The number of amides is 2. The number of nitrogens with one attached hydrogen (secondary N) is 1. The number of carbonyl (C=O) groups excluding carboxylic acids is 2. The number of nitrogens with zero attached hydrogens (tertiary/aromatic N) is 1. The summed E-state index contributed by atoms with van der Waals surface area (Å²) >= 11 is 0. The van der Waals surface area contributed by atoms with E-state index in [1.54, 1.807) is 0 Å². The van der Waals surface area contributed by atoms with Crippen LogP contribution < -0.4 is 10.2 Å². The second kappa shape index (κ2) is 6.74. The predicted molar refractivity (Wildman–Crippen MR) is 81.8 cm³/mol. The second-order valence-electron chi connectivity index (χ2n) is 5.69. The van der Waals surface area contributed by atoms with Gasteiger partial charge >= 0.3 is 0 Å². The van der Waals surface area contributed by atoms with Gasteiger partial charge in [0.25, 0.3) is 0 Å². The van der Waals surface area contributed by atoms with Gasteiger partial charge < -0.3 is 10.2 Å². The zero-order valence-electron chi connectivity index (χ0n) is 13.0. The van der Waals surface area contributed by atoms with Gasteiger partial charge in [-0.15, -0.1) is 0 Å². The van der Waals surface area contributed by atoms with Crippen LogP contribution in [0.15, 0.2) is 30.3 Å². The maximum absolute atomic E-state index is 13.8. The van der Waals surface area contributed by atoms with Crippen molar-refractivity contribution in [2.24, 2.45) is 5.92 Å². The molecule has 2 amide bonds. The van der Waals surface area contributed by atoms with Gasteiger partial charge in [-0.2, -0.15) is 0 Å². The van der Waals surface area contributed by atoms with Crippen molar-refractivity contribution in [1.82, 2.24) is 0 Å². The van der Waals surface area contributed by atoms with Gasteiger partial charge in [0.1, 0.15) is 17.3 Å². The number of carbonyl (C=O) groups is 2. The number of anilines is 2. The van der Waals surface area contributed by atoms with Gasteiger partial charge in [0.15, 0.2) is 17.5 Å². The molecule has 0 spiro atoms. The molecule has 1 heterocycles. The molecule has 1 aliphatic heterocycles. The lowest BCUT2D eigenvalue weighted by molar-refractivity contribution is -0.122. The van der Waals surface area contributed by atoms with Gasteiger partial charge in [-0.05, 0) is 24.3 Å². The fourth-order valence-corrected chi connectivity index (χ4v) is 2.70. The highest BCUT2D eigenvalue weighted by Crippen LogP contribution is 2.30. The maximum Gasteiger partial charge on any atom is 0.229 e. The first-order valence-corrected chi connectivity index (χ1v) is 7.48. The predicted octanol–water partition coefficient (Wildman–Crippen LogP) is 3.37. The van der Waals surface area contributed by atoms with Crippen LogP contribution in [0.3, 0.4) is 0 Å². The lowest BCUT2D eigenvalue weighted by Crippen LogP contribution is -2.29. The van der Waals surface area contributed by atoms with E-state index in [9.17, 15) is 31.5 Å². The van der Waals surface area contributed by atoms with Crippen LogP contribution in [0.5, 0.6) is 0 Å². The molecule has 0 aliphatic carbocycles. The van der Waals surface area contributed by atoms with Crippen LogP contribution in [-0.2, 0) is 9.59 Å². The lowest BCUT2D eigenvalue weighted by atomic mass is 10.1. The zero-order valence-corrected chi connectivity index (χ0v) is 13.0. The van der Waals surface area contributed by atoms with Crippen LogP contribution in [0.1, 0.15) is 6.42 Å². The number of hydrogen-bond donors (Lipinski definition) is 1. The molecule has 136 valence electrons. The minimum atomic E-state index is -1.75. The van der Waals surface area contributed by atoms with Crippen LogP contribution in [0.25, 0.3) is 0 Å². The molecule has 9 heteroatoms. The van der Waals surface area contributed by atoms with E-state index in [1.165, 1.54) is 0 Å². The average molecular weight is 370 g/mol. The average Bonchev–Trinajstić information content (AvgIpc) is 2.97. The Labute approximate surface area is 144 Å². The Morgan fingerprint density at radius 1 is 0.962 bits per heavy atom. The van der Waals surface area contributed by atoms with Crippen LogP contribution in [-0.4, -0.2) is 18.4 Å². The Balaban J connectivity index is 1.79. The summed E-state index contributed by atoms with van der Waals surface area (Å²) in [5, 5.41) is 2.06. The van der Waals surface area contributed by atoms with Crippen molar-refractivity contribution in [2.45, 2.75) is 6.42 Å². The standard InChI is InChI=1S/C17H11F5N2O2/c18-9-4-5-12(15(22)14(9)21)23-17(26)8-6-13(25)24(7-8)16-10(19)2-1-3-11(16)20/h1-5,8H,6-7H2,(H,23,26). The number of hydrogen-bond acceptors (Lipinski definition) is 2. The first kappa shape index (κ1) is 17.8. The second-order valence-corrected chi connectivity index (χ2v) is 5.69. The maximum atomic E-state index is 13.8. The van der Waals surface area contributed by atoms with Gasteiger partial charge in [-0.3, -0.25) is 9.59 Å². The first-order chi connectivity index (χ1) is 12.3. The van der Waals surface area contributed by atoms with E-state index in [0.717, 1.165) is 29.2 Å². The van der Waals surface area contributed by atoms with Gasteiger partial charge in [0.05, 0.1) is 11.6 Å². The van der Waals surface area contributed by atoms with Crippen molar-refractivity contribution in [1.29, 1.82) is 0 Å². The van der Waals surface area contributed by atoms with E-state index >= 15 is 0 Å². The van der Waals surface area contributed by atoms with Gasteiger partial charge in [0, 0.05) is 13.0 Å². The molecule has 3 rings (SSSR count). The van der Waals surface area contributed by atoms with Crippen molar-refractivity contribution >= 4 is 23.2 Å². The summed E-state index contributed by atoms with van der Waals surface area (Å²) in [6.45, 7) is -0.339. The number of rotatable bonds is 3. The fourth-order valence-electron chi connectivity index (χ4n) is 2.70. The van der Waals surface area contributed by atoms with E-state index in [4.69, 9.17) is 0 Å². The van der Waals surface area contributed by atoms with Crippen LogP contribution in [0.2, 0.25) is 0 Å². The van der Waals surface area contributed by atoms with E-state index in [0.29, 0.717) is 6.07 Å². The largest absolute Gasteiger partial charge is 0.323 e. The van der Waals surface area contributed by atoms with Crippen LogP contribution >= 0.6 is 0 Å². The third kappa shape index (κ3) is 3.12. The lowest BCUT2D eigenvalue weighted by Gasteiger charge is -2.18. The molecule has 2 aromatic carbocycles. The highest BCUT2D eigenvalue weighted by atomic mass is 19.2. The fraction of sp³-hybridized carbons (Fsp3) is 0.176. The summed E-state index contributed by atoms with van der Waals surface area (Å²) in [7, 11) is 0. The SMILES string of the molecule is O=C(Nc1ccc(F)c(F)c1F)C1CC(=O)N(c2c(F)cccc2F)C1. The molecular weight excluding hydrogens is 359 g/mol.